The minimum Gasteiger partial charge on any atom is -0.511 e. The van der Waals surface area contributed by atoms with Gasteiger partial charge in [-0.25, -0.2) is 4.79 Å². The van der Waals surface area contributed by atoms with Crippen LogP contribution in [0.3, 0.4) is 0 Å². The van der Waals surface area contributed by atoms with Crippen molar-refractivity contribution < 1.29 is 19.5 Å². The molecule has 1 aliphatic heterocycles. The Kier molecular flexibility index (Phi) is 6.40. The number of carbonyl (C=O) groups is 1. The van der Waals surface area contributed by atoms with Gasteiger partial charge in [-0.15, -0.1) is 0 Å². The first-order valence-electron chi connectivity index (χ1n) is 11.1. The Bertz CT molecular complexity index is 970. The average Bonchev–Trinajstić information content (AvgIpc) is 3.21. The van der Waals surface area contributed by atoms with Gasteiger partial charge in [0.25, 0.3) is 0 Å². The molecule has 2 aliphatic rings. The predicted octanol–water partition coefficient (Wildman–Crippen LogP) is 6.10. The Hall–Kier alpha value is -3.08. The topological polar surface area (TPSA) is 68.1 Å². The van der Waals surface area contributed by atoms with Crippen LogP contribution in [0.15, 0.2) is 71.1 Å². The zero-order valence-electron chi connectivity index (χ0n) is 18.0. The molecule has 5 nitrogen and oxygen atoms in total. The van der Waals surface area contributed by atoms with Crippen LogP contribution in [0.5, 0.6) is 0 Å². The highest BCUT2D eigenvalue weighted by molar-refractivity contribution is 6.20. The summed E-state index contributed by atoms with van der Waals surface area (Å²) in [5.41, 5.74) is 3.40. The maximum absolute atomic E-state index is 12.7. The van der Waals surface area contributed by atoms with Gasteiger partial charge in [0.05, 0.1) is 5.71 Å². The smallest absolute Gasteiger partial charge is 0.344 e. The highest BCUT2D eigenvalue weighted by atomic mass is 16.6. The lowest BCUT2D eigenvalue weighted by molar-refractivity contribution is -0.157. The fourth-order valence-corrected chi connectivity index (χ4v) is 4.44. The zero-order valence-corrected chi connectivity index (χ0v) is 18.0. The Labute approximate surface area is 183 Å². The maximum atomic E-state index is 12.7. The minimum atomic E-state index is -0.524. The zero-order chi connectivity index (χ0) is 21.7. The van der Waals surface area contributed by atoms with Crippen molar-refractivity contribution in [3.05, 3.63) is 71.5 Å². The molecule has 0 atom stereocenters. The molecule has 0 aromatic heterocycles. The molecule has 1 N–H and O–H groups in total. The van der Waals surface area contributed by atoms with Crippen molar-refractivity contribution in [2.75, 3.05) is 0 Å². The van der Waals surface area contributed by atoms with Crippen LogP contribution in [0.4, 0.5) is 0 Å². The summed E-state index contributed by atoms with van der Waals surface area (Å²) in [7, 11) is 0. The van der Waals surface area contributed by atoms with E-state index in [1.807, 2.05) is 37.3 Å². The molecule has 1 saturated carbocycles. The molecule has 1 spiro atoms. The Morgan fingerprint density at radius 2 is 1.74 bits per heavy atom. The van der Waals surface area contributed by atoms with Crippen LogP contribution in [-0.2, 0) is 21.0 Å². The second-order valence-electron chi connectivity index (χ2n) is 8.40. The quantitative estimate of drug-likeness (QED) is 0.335. The lowest BCUT2D eigenvalue weighted by Gasteiger charge is -2.33. The van der Waals surface area contributed by atoms with Crippen LogP contribution in [0.25, 0.3) is 11.1 Å². The van der Waals surface area contributed by atoms with Crippen molar-refractivity contribution in [3.63, 3.8) is 0 Å². The molecule has 0 saturated heterocycles. The fourth-order valence-electron chi connectivity index (χ4n) is 4.44. The number of hydrogen-bond acceptors (Lipinski definition) is 5. The molecule has 31 heavy (non-hydrogen) atoms. The van der Waals surface area contributed by atoms with Gasteiger partial charge in [0.2, 0.25) is 0 Å². The molecule has 5 heteroatoms. The summed E-state index contributed by atoms with van der Waals surface area (Å²) in [6.07, 6.45) is 5.36. The van der Waals surface area contributed by atoms with Crippen molar-refractivity contribution in [3.8, 4) is 11.1 Å². The summed E-state index contributed by atoms with van der Waals surface area (Å²) in [6, 6.07) is 18.3. The number of esters is 1. The number of aliphatic hydroxyl groups excluding tert-OH is 1. The van der Waals surface area contributed by atoms with Crippen molar-refractivity contribution in [2.24, 2.45) is 5.16 Å². The van der Waals surface area contributed by atoms with E-state index in [1.165, 1.54) is 0 Å². The number of aliphatic hydroxyl groups is 1. The Morgan fingerprint density at radius 3 is 2.39 bits per heavy atom. The highest BCUT2D eigenvalue weighted by Crippen LogP contribution is 2.42. The second-order valence-corrected chi connectivity index (χ2v) is 8.40. The molecule has 4 rings (SSSR count). The van der Waals surface area contributed by atoms with E-state index in [0.717, 1.165) is 48.8 Å². The van der Waals surface area contributed by atoms with Gasteiger partial charge in [-0.1, -0.05) is 73.1 Å². The summed E-state index contributed by atoms with van der Waals surface area (Å²) >= 11 is 0. The lowest BCUT2D eigenvalue weighted by atomic mass is 9.90. The third-order valence-corrected chi connectivity index (χ3v) is 6.05. The van der Waals surface area contributed by atoms with Crippen molar-refractivity contribution >= 4 is 11.7 Å². The number of nitrogens with zero attached hydrogens (tertiary/aromatic N) is 1. The first-order valence-corrected chi connectivity index (χ1v) is 11.1. The number of oxime groups is 1. The van der Waals surface area contributed by atoms with Crippen molar-refractivity contribution in [1.29, 1.82) is 0 Å². The molecule has 2 aromatic carbocycles. The highest BCUT2D eigenvalue weighted by Gasteiger charge is 2.44. The van der Waals surface area contributed by atoms with Gasteiger partial charge in [0.1, 0.15) is 23.5 Å². The number of rotatable bonds is 7. The van der Waals surface area contributed by atoms with Crippen LogP contribution in [0.2, 0.25) is 0 Å². The standard InChI is InChI=1S/C26H29NO4/c1-2-8-22(24-23(28)17-26(31-25(24)29)15-6-7-16-26)27-30-18-19-11-13-21(14-12-19)20-9-4-3-5-10-20/h3-5,9-14,28H,2,6-8,15-18H2,1H3/b27-22+. The van der Waals surface area contributed by atoms with Gasteiger partial charge >= 0.3 is 5.97 Å². The van der Waals surface area contributed by atoms with E-state index in [9.17, 15) is 9.90 Å². The average molecular weight is 420 g/mol. The van der Waals surface area contributed by atoms with Gasteiger partial charge in [-0.05, 0) is 48.8 Å². The van der Waals surface area contributed by atoms with Gasteiger partial charge < -0.3 is 14.7 Å². The van der Waals surface area contributed by atoms with E-state index < -0.39 is 11.6 Å². The van der Waals surface area contributed by atoms with Gasteiger partial charge in [-0.2, -0.15) is 0 Å². The fraction of sp³-hybridized carbons (Fsp3) is 0.385. The van der Waals surface area contributed by atoms with E-state index in [-0.39, 0.29) is 17.9 Å². The molecule has 0 unspecified atom stereocenters. The van der Waals surface area contributed by atoms with Crippen molar-refractivity contribution in [2.45, 2.75) is 64.1 Å². The van der Waals surface area contributed by atoms with Crippen LogP contribution < -0.4 is 0 Å². The van der Waals surface area contributed by atoms with Crippen LogP contribution in [-0.4, -0.2) is 22.4 Å². The van der Waals surface area contributed by atoms with E-state index in [4.69, 9.17) is 9.57 Å². The molecule has 1 heterocycles. The second kappa shape index (κ2) is 9.38. The molecule has 0 radical (unpaired) electrons. The Morgan fingerprint density at radius 1 is 1.06 bits per heavy atom. The maximum Gasteiger partial charge on any atom is 0.344 e. The van der Waals surface area contributed by atoms with Gasteiger partial charge in [0, 0.05) is 6.42 Å². The molecule has 1 fully saturated rings. The summed E-state index contributed by atoms with van der Waals surface area (Å²) in [5.74, 6) is -0.394. The molecule has 0 amide bonds. The van der Waals surface area contributed by atoms with E-state index in [2.05, 4.69) is 29.4 Å². The Balaban J connectivity index is 1.45. The monoisotopic (exact) mass is 419 g/mol. The first kappa shape index (κ1) is 21.2. The molecule has 0 bridgehead atoms. The molecule has 1 aliphatic carbocycles. The summed E-state index contributed by atoms with van der Waals surface area (Å²) < 4.78 is 5.77. The predicted molar refractivity (Wildman–Crippen MR) is 121 cm³/mol. The normalized spacial score (nSPS) is 18.4. The third-order valence-electron chi connectivity index (χ3n) is 6.05. The summed E-state index contributed by atoms with van der Waals surface area (Å²) in [4.78, 5) is 18.3. The molecular weight excluding hydrogens is 390 g/mol. The number of benzene rings is 2. The number of hydrogen-bond donors (Lipinski definition) is 1. The van der Waals surface area contributed by atoms with Gasteiger partial charge in [0.15, 0.2) is 0 Å². The SMILES string of the molecule is CCC/C(=N\OCc1ccc(-c2ccccc2)cc1)C1=C(O)CC2(CCCC2)OC1=O. The minimum absolute atomic E-state index is 0.0844. The molecular formula is C26H29NO4. The summed E-state index contributed by atoms with van der Waals surface area (Å²) in [6.45, 7) is 2.29. The largest absolute Gasteiger partial charge is 0.511 e. The number of ether oxygens (including phenoxy) is 1. The molecule has 2 aromatic rings. The number of carbonyl (C=O) groups excluding carboxylic acids is 1. The lowest BCUT2D eigenvalue weighted by Crippen LogP contribution is -2.39. The van der Waals surface area contributed by atoms with Crippen LogP contribution in [0.1, 0.15) is 57.4 Å². The van der Waals surface area contributed by atoms with E-state index in [0.29, 0.717) is 18.6 Å². The van der Waals surface area contributed by atoms with E-state index in [1.54, 1.807) is 0 Å². The van der Waals surface area contributed by atoms with Crippen molar-refractivity contribution in [1.82, 2.24) is 0 Å². The van der Waals surface area contributed by atoms with E-state index >= 15 is 0 Å². The first-order chi connectivity index (χ1) is 15.1. The molecule has 162 valence electrons. The van der Waals surface area contributed by atoms with Crippen LogP contribution >= 0.6 is 0 Å². The van der Waals surface area contributed by atoms with Gasteiger partial charge in [-0.3, -0.25) is 0 Å². The summed E-state index contributed by atoms with van der Waals surface area (Å²) in [5, 5.41) is 14.9. The van der Waals surface area contributed by atoms with Crippen LogP contribution in [0, 0.1) is 0 Å². The third kappa shape index (κ3) is 4.82.